The molecule has 1 aliphatic carbocycles. The Labute approximate surface area is 154 Å². The maximum absolute atomic E-state index is 12.0. The van der Waals surface area contributed by atoms with Gasteiger partial charge in [-0.05, 0) is 43.5 Å². The topological polar surface area (TPSA) is 114 Å². The third-order valence-corrected chi connectivity index (χ3v) is 4.73. The second-order valence-electron chi connectivity index (χ2n) is 6.75. The first-order valence-corrected chi connectivity index (χ1v) is 9.28. The summed E-state index contributed by atoms with van der Waals surface area (Å²) in [4.78, 5) is 24.1. The Bertz CT molecular complexity index is 585. The van der Waals surface area contributed by atoms with Crippen molar-refractivity contribution in [2.24, 2.45) is 11.7 Å². The van der Waals surface area contributed by atoms with Gasteiger partial charge >= 0.3 is 0 Å². The van der Waals surface area contributed by atoms with Crippen LogP contribution in [-0.2, 0) is 4.79 Å². The second-order valence-corrected chi connectivity index (χ2v) is 6.75. The molecule has 1 aromatic carbocycles. The van der Waals surface area contributed by atoms with E-state index in [9.17, 15) is 14.7 Å². The van der Waals surface area contributed by atoms with Gasteiger partial charge in [0.15, 0.2) is 0 Å². The van der Waals surface area contributed by atoms with Gasteiger partial charge in [0, 0.05) is 11.6 Å². The number of ether oxygens (including phenoxy) is 1. The summed E-state index contributed by atoms with van der Waals surface area (Å²) in [6.07, 6.45) is 5.05. The van der Waals surface area contributed by atoms with Crippen LogP contribution in [0.3, 0.4) is 0 Å². The van der Waals surface area contributed by atoms with Gasteiger partial charge in [-0.1, -0.05) is 32.1 Å². The molecule has 1 aliphatic rings. The van der Waals surface area contributed by atoms with Gasteiger partial charge in [-0.25, -0.2) is 0 Å². The van der Waals surface area contributed by atoms with Crippen molar-refractivity contribution in [3.63, 3.8) is 0 Å². The minimum absolute atomic E-state index is 0.370. The summed E-state index contributed by atoms with van der Waals surface area (Å²) in [6.45, 7) is 2.42. The quantitative estimate of drug-likeness (QED) is 0.548. The molecule has 2 atom stereocenters. The fraction of sp³-hybridized carbons (Fsp3) is 0.579. The monoisotopic (exact) mass is 363 g/mol. The Balaban J connectivity index is 1.77. The molecule has 0 heterocycles. The fourth-order valence-electron chi connectivity index (χ4n) is 3.26. The molecule has 0 aliphatic heterocycles. The first kappa shape index (κ1) is 20.2. The van der Waals surface area contributed by atoms with Crippen LogP contribution in [0.15, 0.2) is 24.3 Å². The number of aliphatic hydroxyl groups is 1. The molecule has 0 aromatic heterocycles. The zero-order valence-electron chi connectivity index (χ0n) is 15.2. The van der Waals surface area contributed by atoms with E-state index in [-0.39, 0.29) is 0 Å². The molecule has 26 heavy (non-hydrogen) atoms. The predicted molar refractivity (Wildman–Crippen MR) is 98.4 cm³/mol. The lowest BCUT2D eigenvalue weighted by Crippen LogP contribution is -2.52. The molecule has 0 saturated heterocycles. The van der Waals surface area contributed by atoms with E-state index in [0.717, 1.165) is 12.8 Å². The summed E-state index contributed by atoms with van der Waals surface area (Å²) in [5.74, 6) is -0.0566. The number of amides is 2. The molecule has 5 N–H and O–H groups in total. The normalized spacial score (nSPS) is 17.2. The first-order valence-electron chi connectivity index (χ1n) is 9.28. The summed E-state index contributed by atoms with van der Waals surface area (Å²) in [5, 5.41) is 10.1. The Morgan fingerprint density at radius 3 is 2.46 bits per heavy atom. The molecule has 0 radical (unpaired) electrons. The van der Waals surface area contributed by atoms with E-state index >= 15 is 0 Å². The van der Waals surface area contributed by atoms with Crippen LogP contribution in [0.1, 0.15) is 55.8 Å². The van der Waals surface area contributed by atoms with E-state index in [0.29, 0.717) is 30.3 Å². The maximum atomic E-state index is 12.0. The van der Waals surface area contributed by atoms with Gasteiger partial charge in [-0.15, -0.1) is 0 Å². The highest BCUT2D eigenvalue weighted by atomic mass is 16.5. The third-order valence-electron chi connectivity index (χ3n) is 4.73. The molecule has 1 saturated carbocycles. The molecule has 7 heteroatoms. The molecular formula is C19H29N3O4. The van der Waals surface area contributed by atoms with Gasteiger partial charge in [0.1, 0.15) is 11.9 Å². The number of nitrogens with two attached hydrogens (primary N) is 1. The maximum Gasteiger partial charge on any atom is 0.269 e. The standard InChI is InChI=1S/C19H29N3O4/c1-2-26-15-10-8-14(9-11-15)18(24)21-22-19(25)17(23)16(20)12-13-6-4-3-5-7-13/h8-11,13,16-17,23H,2-7,12,20H2,1H3,(H,21,24)(H,22,25). The second kappa shape index (κ2) is 10.1. The fourth-order valence-corrected chi connectivity index (χ4v) is 3.26. The lowest BCUT2D eigenvalue weighted by molar-refractivity contribution is -0.131. The highest BCUT2D eigenvalue weighted by Gasteiger charge is 2.26. The van der Waals surface area contributed by atoms with Crippen LogP contribution >= 0.6 is 0 Å². The van der Waals surface area contributed by atoms with Gasteiger partial charge in [-0.2, -0.15) is 0 Å². The average molecular weight is 363 g/mol. The molecule has 0 bridgehead atoms. The predicted octanol–water partition coefficient (Wildman–Crippen LogP) is 1.50. The number of nitrogens with one attached hydrogen (secondary N) is 2. The van der Waals surface area contributed by atoms with Crippen molar-refractivity contribution in [1.82, 2.24) is 10.9 Å². The van der Waals surface area contributed by atoms with Crippen molar-refractivity contribution in [3.8, 4) is 5.75 Å². The SMILES string of the molecule is CCOc1ccc(C(=O)NNC(=O)C(O)C(N)CC2CCCCC2)cc1. The van der Waals surface area contributed by atoms with Crippen LogP contribution in [0.4, 0.5) is 0 Å². The number of hydrazine groups is 1. The molecule has 144 valence electrons. The van der Waals surface area contributed by atoms with Gasteiger partial charge in [0.2, 0.25) is 0 Å². The summed E-state index contributed by atoms with van der Waals surface area (Å²) >= 11 is 0. The van der Waals surface area contributed by atoms with Crippen LogP contribution in [0.25, 0.3) is 0 Å². The van der Waals surface area contributed by atoms with Crippen molar-refractivity contribution in [2.45, 2.75) is 57.6 Å². The molecule has 1 aromatic rings. The number of hydrogen-bond donors (Lipinski definition) is 4. The summed E-state index contributed by atoms with van der Waals surface area (Å²) in [6, 6.07) is 5.90. The molecule has 1 fully saturated rings. The largest absolute Gasteiger partial charge is 0.494 e. The Kier molecular flexibility index (Phi) is 7.87. The lowest BCUT2D eigenvalue weighted by Gasteiger charge is -2.26. The zero-order valence-corrected chi connectivity index (χ0v) is 15.2. The van der Waals surface area contributed by atoms with Crippen molar-refractivity contribution >= 4 is 11.8 Å². The number of hydrogen-bond acceptors (Lipinski definition) is 5. The van der Waals surface area contributed by atoms with E-state index in [1.807, 2.05) is 6.92 Å². The lowest BCUT2D eigenvalue weighted by atomic mass is 9.84. The van der Waals surface area contributed by atoms with E-state index in [1.54, 1.807) is 24.3 Å². The minimum atomic E-state index is -1.35. The molecule has 0 spiro atoms. The average Bonchev–Trinajstić information content (AvgIpc) is 2.66. The van der Waals surface area contributed by atoms with Gasteiger partial charge in [0.05, 0.1) is 6.61 Å². The van der Waals surface area contributed by atoms with E-state index in [4.69, 9.17) is 10.5 Å². The van der Waals surface area contributed by atoms with Crippen molar-refractivity contribution < 1.29 is 19.4 Å². The number of aliphatic hydroxyl groups excluding tert-OH is 1. The van der Waals surface area contributed by atoms with Crippen molar-refractivity contribution in [1.29, 1.82) is 0 Å². The van der Waals surface area contributed by atoms with Crippen LogP contribution in [0.5, 0.6) is 5.75 Å². The third kappa shape index (κ3) is 6.00. The molecule has 2 rings (SSSR count). The van der Waals surface area contributed by atoms with Crippen LogP contribution in [0, 0.1) is 5.92 Å². The molecule has 7 nitrogen and oxygen atoms in total. The number of carbonyl (C=O) groups is 2. The Morgan fingerprint density at radius 2 is 1.85 bits per heavy atom. The Hall–Kier alpha value is -2.12. The van der Waals surface area contributed by atoms with Crippen LogP contribution in [-0.4, -0.2) is 35.7 Å². The van der Waals surface area contributed by atoms with E-state index in [2.05, 4.69) is 10.9 Å². The Morgan fingerprint density at radius 1 is 1.19 bits per heavy atom. The smallest absolute Gasteiger partial charge is 0.269 e. The molecule has 2 amide bonds. The van der Waals surface area contributed by atoms with E-state index in [1.165, 1.54) is 19.3 Å². The highest BCUT2D eigenvalue weighted by Crippen LogP contribution is 2.27. The summed E-state index contributed by atoms with van der Waals surface area (Å²) in [5.41, 5.74) is 10.9. The number of carbonyl (C=O) groups excluding carboxylic acids is 2. The van der Waals surface area contributed by atoms with Gasteiger partial charge in [0.25, 0.3) is 11.8 Å². The van der Waals surface area contributed by atoms with Gasteiger partial charge < -0.3 is 15.6 Å². The van der Waals surface area contributed by atoms with Crippen molar-refractivity contribution in [2.75, 3.05) is 6.61 Å². The summed E-state index contributed by atoms with van der Waals surface area (Å²) < 4.78 is 5.31. The summed E-state index contributed by atoms with van der Waals surface area (Å²) in [7, 11) is 0. The number of rotatable bonds is 7. The van der Waals surface area contributed by atoms with Crippen molar-refractivity contribution in [3.05, 3.63) is 29.8 Å². The number of benzene rings is 1. The van der Waals surface area contributed by atoms with Gasteiger partial charge in [-0.3, -0.25) is 20.4 Å². The highest BCUT2D eigenvalue weighted by molar-refractivity contribution is 5.95. The van der Waals surface area contributed by atoms with Crippen LogP contribution in [0.2, 0.25) is 0 Å². The molecular weight excluding hydrogens is 334 g/mol. The minimum Gasteiger partial charge on any atom is -0.494 e. The van der Waals surface area contributed by atoms with Crippen LogP contribution < -0.4 is 21.3 Å². The van der Waals surface area contributed by atoms with E-state index < -0.39 is 24.0 Å². The first-order chi connectivity index (χ1) is 12.5. The zero-order chi connectivity index (χ0) is 18.9. The molecule has 2 unspecified atom stereocenters.